The van der Waals surface area contributed by atoms with Gasteiger partial charge in [0, 0.05) is 18.7 Å². The van der Waals surface area contributed by atoms with E-state index >= 15 is 0 Å². The second-order valence-corrected chi connectivity index (χ2v) is 5.85. The number of aliphatic hydroxyl groups excluding tert-OH is 1. The number of hydrogen-bond donors (Lipinski definition) is 2. The van der Waals surface area contributed by atoms with E-state index in [1.54, 1.807) is 20.8 Å². The molecule has 0 aromatic heterocycles. The quantitative estimate of drug-likeness (QED) is 0.465. The molecule has 1 aromatic carbocycles. The third kappa shape index (κ3) is 6.03. The maximum absolute atomic E-state index is 12.1. The average molecular weight is 324 g/mol. The van der Waals surface area contributed by atoms with E-state index in [0.29, 0.717) is 0 Å². The summed E-state index contributed by atoms with van der Waals surface area (Å²) in [6.45, 7) is 4.81. The second-order valence-electron chi connectivity index (χ2n) is 5.85. The second kappa shape index (κ2) is 7.68. The van der Waals surface area contributed by atoms with E-state index in [2.05, 4.69) is 5.32 Å². The van der Waals surface area contributed by atoms with Crippen molar-refractivity contribution >= 4 is 17.6 Å². The number of carbonyl (C=O) groups excluding carboxylic acids is 2. The Kier molecular flexibility index (Phi) is 6.20. The van der Waals surface area contributed by atoms with Gasteiger partial charge in [-0.3, -0.25) is 19.7 Å². The van der Waals surface area contributed by atoms with E-state index < -0.39 is 29.0 Å². The third-order valence-electron chi connectivity index (χ3n) is 2.75. The maximum Gasteiger partial charge on any atom is 0.308 e. The standard InChI is InChI=1S/C15H20N2O6/c1-15(2,3)23-13(19)6-7-16-14(20)12-8-11(17(21)22)5-4-10(12)9-18/h4-5,8,18H,6-7,9H2,1-3H3,(H,16,20). The van der Waals surface area contributed by atoms with E-state index in [-0.39, 0.29) is 29.8 Å². The van der Waals surface area contributed by atoms with Gasteiger partial charge in [-0.1, -0.05) is 0 Å². The van der Waals surface area contributed by atoms with E-state index in [4.69, 9.17) is 4.74 Å². The van der Waals surface area contributed by atoms with Crippen molar-refractivity contribution in [3.63, 3.8) is 0 Å². The fourth-order valence-corrected chi connectivity index (χ4v) is 1.79. The number of nitro groups is 1. The van der Waals surface area contributed by atoms with Crippen molar-refractivity contribution in [2.75, 3.05) is 6.54 Å². The molecule has 0 fully saturated rings. The Morgan fingerprint density at radius 1 is 1.35 bits per heavy atom. The Labute approximate surface area is 133 Å². The Bertz CT molecular complexity index is 606. The zero-order valence-corrected chi connectivity index (χ0v) is 13.3. The van der Waals surface area contributed by atoms with Gasteiger partial charge >= 0.3 is 5.97 Å². The van der Waals surface area contributed by atoms with Gasteiger partial charge in [0.15, 0.2) is 0 Å². The van der Waals surface area contributed by atoms with E-state index in [0.717, 1.165) is 6.07 Å². The summed E-state index contributed by atoms with van der Waals surface area (Å²) in [5, 5.41) is 22.5. The number of nitrogens with zero attached hydrogens (tertiary/aromatic N) is 1. The number of amides is 1. The molecule has 1 aromatic rings. The predicted octanol–water partition coefficient (Wildman–Crippen LogP) is 1.55. The summed E-state index contributed by atoms with van der Waals surface area (Å²) in [4.78, 5) is 33.7. The molecule has 8 nitrogen and oxygen atoms in total. The third-order valence-corrected chi connectivity index (χ3v) is 2.75. The van der Waals surface area contributed by atoms with Crippen LogP contribution in [0.25, 0.3) is 0 Å². The average Bonchev–Trinajstić information content (AvgIpc) is 2.44. The van der Waals surface area contributed by atoms with Gasteiger partial charge in [-0.05, 0) is 32.4 Å². The molecule has 0 unspecified atom stereocenters. The first-order chi connectivity index (χ1) is 10.6. The highest BCUT2D eigenvalue weighted by atomic mass is 16.6. The van der Waals surface area contributed by atoms with Crippen LogP contribution >= 0.6 is 0 Å². The zero-order chi connectivity index (χ0) is 17.6. The van der Waals surface area contributed by atoms with Gasteiger partial charge < -0.3 is 15.2 Å². The molecule has 0 bridgehead atoms. The molecule has 0 aliphatic heterocycles. The smallest absolute Gasteiger partial charge is 0.308 e. The summed E-state index contributed by atoms with van der Waals surface area (Å²) >= 11 is 0. The highest BCUT2D eigenvalue weighted by molar-refractivity contribution is 5.96. The lowest BCUT2D eigenvalue weighted by molar-refractivity contribution is -0.384. The molecule has 0 aliphatic carbocycles. The van der Waals surface area contributed by atoms with Crippen LogP contribution in [0, 0.1) is 10.1 Å². The SMILES string of the molecule is CC(C)(C)OC(=O)CCNC(=O)c1cc([N+](=O)[O-])ccc1CO. The summed E-state index contributed by atoms with van der Waals surface area (Å²) in [5.41, 5.74) is -0.582. The molecule has 1 amide bonds. The van der Waals surface area contributed by atoms with Gasteiger partial charge in [-0.25, -0.2) is 0 Å². The summed E-state index contributed by atoms with van der Waals surface area (Å²) < 4.78 is 5.10. The van der Waals surface area contributed by atoms with E-state index in [1.165, 1.54) is 12.1 Å². The van der Waals surface area contributed by atoms with Crippen molar-refractivity contribution in [2.24, 2.45) is 0 Å². The minimum absolute atomic E-state index is 0.00545. The van der Waals surface area contributed by atoms with Gasteiger partial charge in [0.1, 0.15) is 5.60 Å². The maximum atomic E-state index is 12.1. The number of nitro benzene ring substituents is 1. The van der Waals surface area contributed by atoms with Gasteiger partial charge in [0.25, 0.3) is 11.6 Å². The number of non-ortho nitro benzene ring substituents is 1. The number of nitrogens with one attached hydrogen (secondary N) is 1. The summed E-state index contributed by atoms with van der Waals surface area (Å²) in [6.07, 6.45) is -0.0214. The number of carbonyl (C=O) groups is 2. The molecule has 23 heavy (non-hydrogen) atoms. The molecule has 126 valence electrons. The van der Waals surface area contributed by atoms with Crippen molar-refractivity contribution in [2.45, 2.75) is 39.4 Å². The number of hydrogen-bond acceptors (Lipinski definition) is 6. The molecule has 2 N–H and O–H groups in total. The van der Waals surface area contributed by atoms with Crippen molar-refractivity contribution in [3.05, 3.63) is 39.4 Å². The number of aliphatic hydroxyl groups is 1. The normalized spacial score (nSPS) is 11.0. The lowest BCUT2D eigenvalue weighted by Crippen LogP contribution is -2.30. The number of benzene rings is 1. The number of ether oxygens (including phenoxy) is 1. The van der Waals surface area contributed by atoms with Crippen LogP contribution in [0.1, 0.15) is 43.1 Å². The Morgan fingerprint density at radius 3 is 2.52 bits per heavy atom. The zero-order valence-electron chi connectivity index (χ0n) is 13.3. The molecule has 0 radical (unpaired) electrons. The van der Waals surface area contributed by atoms with E-state index in [9.17, 15) is 24.8 Å². The van der Waals surface area contributed by atoms with Crippen LogP contribution in [-0.2, 0) is 16.1 Å². The fraction of sp³-hybridized carbons (Fsp3) is 0.467. The lowest BCUT2D eigenvalue weighted by atomic mass is 10.1. The molecule has 8 heteroatoms. The highest BCUT2D eigenvalue weighted by Gasteiger charge is 2.18. The number of esters is 1. The Hall–Kier alpha value is -2.48. The molecule has 0 aliphatic rings. The Balaban J connectivity index is 2.69. The minimum Gasteiger partial charge on any atom is -0.460 e. The van der Waals surface area contributed by atoms with Crippen molar-refractivity contribution in [3.8, 4) is 0 Å². The van der Waals surface area contributed by atoms with Crippen LogP contribution in [0.5, 0.6) is 0 Å². The first-order valence-corrected chi connectivity index (χ1v) is 7.02. The number of rotatable bonds is 6. The first kappa shape index (κ1) is 18.6. The van der Waals surface area contributed by atoms with Crippen LogP contribution < -0.4 is 5.32 Å². The van der Waals surface area contributed by atoms with Gasteiger partial charge in [-0.15, -0.1) is 0 Å². The van der Waals surface area contributed by atoms with Gasteiger partial charge in [0.2, 0.25) is 0 Å². The first-order valence-electron chi connectivity index (χ1n) is 7.02. The van der Waals surface area contributed by atoms with Crippen molar-refractivity contribution in [1.82, 2.24) is 5.32 Å². The molecule has 0 spiro atoms. The molecule has 0 heterocycles. The molecular weight excluding hydrogens is 304 g/mol. The molecule has 0 saturated heterocycles. The Morgan fingerprint density at radius 2 is 2.00 bits per heavy atom. The summed E-state index contributed by atoms with van der Waals surface area (Å²) in [7, 11) is 0. The van der Waals surface area contributed by atoms with Crippen LogP contribution in [0.15, 0.2) is 18.2 Å². The molecule has 1 rings (SSSR count). The summed E-state index contributed by atoms with van der Waals surface area (Å²) in [6, 6.07) is 3.62. The monoisotopic (exact) mass is 324 g/mol. The predicted molar refractivity (Wildman–Crippen MR) is 81.8 cm³/mol. The summed E-state index contributed by atoms with van der Waals surface area (Å²) in [5.74, 6) is -1.06. The van der Waals surface area contributed by atoms with Crippen LogP contribution in [0.3, 0.4) is 0 Å². The van der Waals surface area contributed by atoms with Crippen molar-refractivity contribution in [1.29, 1.82) is 0 Å². The molecular formula is C15H20N2O6. The van der Waals surface area contributed by atoms with Crippen LogP contribution in [-0.4, -0.2) is 34.1 Å². The topological polar surface area (TPSA) is 119 Å². The largest absolute Gasteiger partial charge is 0.460 e. The lowest BCUT2D eigenvalue weighted by Gasteiger charge is -2.19. The van der Waals surface area contributed by atoms with E-state index in [1.807, 2.05) is 0 Å². The highest BCUT2D eigenvalue weighted by Crippen LogP contribution is 2.18. The molecule has 0 atom stereocenters. The van der Waals surface area contributed by atoms with Crippen molar-refractivity contribution < 1.29 is 24.4 Å². The van der Waals surface area contributed by atoms with Gasteiger partial charge in [0.05, 0.1) is 23.5 Å². The minimum atomic E-state index is -0.626. The van der Waals surface area contributed by atoms with Gasteiger partial charge in [-0.2, -0.15) is 0 Å². The van der Waals surface area contributed by atoms with Crippen LogP contribution in [0.4, 0.5) is 5.69 Å². The van der Waals surface area contributed by atoms with Crippen LogP contribution in [0.2, 0.25) is 0 Å². The fourth-order valence-electron chi connectivity index (χ4n) is 1.79. The molecule has 0 saturated carbocycles.